The average Bonchev–Trinajstić information content (AvgIpc) is 2.81. The van der Waals surface area contributed by atoms with Crippen LogP contribution in [0.5, 0.6) is 0 Å². The Morgan fingerprint density at radius 3 is 2.33 bits per heavy atom. The highest BCUT2D eigenvalue weighted by Crippen LogP contribution is 2.43. The minimum atomic E-state index is -5.01. The van der Waals surface area contributed by atoms with Gasteiger partial charge in [0, 0.05) is 0 Å². The Bertz CT molecular complexity index is 451. The minimum Gasteiger partial charge on any atom is -0.394 e. The molecule has 1 saturated heterocycles. The van der Waals surface area contributed by atoms with E-state index in [0.29, 0.717) is 0 Å². The molecule has 0 radical (unpaired) electrons. The van der Waals surface area contributed by atoms with Crippen LogP contribution in [0.3, 0.4) is 0 Å². The summed E-state index contributed by atoms with van der Waals surface area (Å²) in [6.45, 7) is -0.370. The summed E-state index contributed by atoms with van der Waals surface area (Å²) >= 11 is 0. The Morgan fingerprint density at radius 2 is 1.89 bits per heavy atom. The molecule has 1 spiro atoms. The van der Waals surface area contributed by atoms with E-state index >= 15 is 0 Å². The van der Waals surface area contributed by atoms with E-state index in [1.807, 2.05) is 0 Å². The second-order valence-corrected chi connectivity index (χ2v) is 3.75. The highest BCUT2D eigenvalue weighted by atomic mass is 19.4. The summed E-state index contributed by atoms with van der Waals surface area (Å²) in [5.41, 5.74) is 0.867. The number of alkyl halides is 4. The smallest absolute Gasteiger partial charge is 0.394 e. The number of nitrogens with two attached hydrogens (primary N) is 1. The summed E-state index contributed by atoms with van der Waals surface area (Å²) in [5, 5.41) is 7.26. The number of allylic oxidation sites excluding steroid dienone is 1. The van der Waals surface area contributed by atoms with Gasteiger partial charge in [-0.15, -0.1) is 0 Å². The summed E-state index contributed by atoms with van der Waals surface area (Å²) in [6, 6.07) is 0. The normalized spacial score (nSPS) is 30.3. The lowest BCUT2D eigenvalue weighted by atomic mass is 10.1. The molecule has 1 heterocycles. The van der Waals surface area contributed by atoms with Crippen molar-refractivity contribution in [1.82, 2.24) is 0 Å². The molecule has 0 amide bonds. The number of Topliss-reactive ketones (excluding diaryl/α,β-unsaturated/α-hetero) is 1. The van der Waals surface area contributed by atoms with Crippen LogP contribution < -0.4 is 5.73 Å². The van der Waals surface area contributed by atoms with E-state index in [1.165, 1.54) is 0 Å². The number of halogens is 4. The summed E-state index contributed by atoms with van der Waals surface area (Å²) in [6.07, 6.45) is -7.52. The summed E-state index contributed by atoms with van der Waals surface area (Å²) in [7, 11) is 0. The molecule has 9 heteroatoms. The molecular weight excluding hydrogens is 260 g/mol. The van der Waals surface area contributed by atoms with Gasteiger partial charge in [-0.25, -0.2) is 4.39 Å². The zero-order chi connectivity index (χ0) is 13.7. The van der Waals surface area contributed by atoms with E-state index in [-0.39, 0.29) is 13.2 Å². The second-order valence-electron chi connectivity index (χ2n) is 3.75. The molecule has 18 heavy (non-hydrogen) atoms. The van der Waals surface area contributed by atoms with E-state index in [1.54, 1.807) is 0 Å². The highest BCUT2D eigenvalue weighted by Gasteiger charge is 2.63. The van der Waals surface area contributed by atoms with Gasteiger partial charge in [0.2, 0.25) is 17.7 Å². The third-order valence-electron chi connectivity index (χ3n) is 2.70. The molecule has 1 aliphatic heterocycles. The van der Waals surface area contributed by atoms with E-state index in [9.17, 15) is 22.4 Å². The molecule has 100 valence electrons. The van der Waals surface area contributed by atoms with Gasteiger partial charge in [0.25, 0.3) is 0 Å². The Labute approximate surface area is 98.0 Å². The molecule has 0 aromatic carbocycles. The van der Waals surface area contributed by atoms with Crippen LogP contribution in [-0.4, -0.2) is 42.8 Å². The largest absolute Gasteiger partial charge is 0.431 e. The molecule has 2 fully saturated rings. The van der Waals surface area contributed by atoms with Gasteiger partial charge in [-0.05, 0) is 0 Å². The van der Waals surface area contributed by atoms with E-state index < -0.39 is 40.9 Å². The van der Waals surface area contributed by atoms with Crippen LogP contribution in [0.2, 0.25) is 0 Å². The maximum absolute atomic E-state index is 13.7. The lowest BCUT2D eigenvalue weighted by molar-refractivity contribution is -0.168. The van der Waals surface area contributed by atoms with Crippen LogP contribution in [0.4, 0.5) is 17.6 Å². The molecule has 0 aromatic rings. The first-order valence-electron chi connectivity index (χ1n) is 4.84. The van der Waals surface area contributed by atoms with Crippen molar-refractivity contribution in [1.29, 1.82) is 5.41 Å². The average molecular weight is 268 g/mol. The van der Waals surface area contributed by atoms with Crippen LogP contribution in [0.25, 0.3) is 0 Å². The molecular formula is C9H8F4N2O3. The monoisotopic (exact) mass is 268 g/mol. The third kappa shape index (κ3) is 1.54. The molecule has 0 aromatic heterocycles. The van der Waals surface area contributed by atoms with Crippen LogP contribution in [0, 0.1) is 5.41 Å². The lowest BCUT2D eigenvalue weighted by Gasteiger charge is -2.25. The molecule has 1 atom stereocenters. The zero-order valence-electron chi connectivity index (χ0n) is 8.81. The SMILES string of the molecule is N=C1C(=O)C(F)C2(OCCO2)/C1=C(/N)C(F)(F)F. The van der Waals surface area contributed by atoms with Crippen LogP contribution in [0.15, 0.2) is 11.3 Å². The number of hydrogen-bond donors (Lipinski definition) is 2. The first-order valence-corrected chi connectivity index (χ1v) is 4.84. The molecule has 1 unspecified atom stereocenters. The van der Waals surface area contributed by atoms with Crippen LogP contribution in [0.1, 0.15) is 0 Å². The third-order valence-corrected chi connectivity index (χ3v) is 2.70. The number of carbonyl (C=O) groups excluding carboxylic acids is 1. The molecule has 5 nitrogen and oxygen atoms in total. The molecule has 0 bridgehead atoms. The van der Waals surface area contributed by atoms with E-state index in [0.717, 1.165) is 0 Å². The van der Waals surface area contributed by atoms with Crippen molar-refractivity contribution in [2.24, 2.45) is 5.73 Å². The van der Waals surface area contributed by atoms with Gasteiger partial charge in [-0.3, -0.25) is 10.2 Å². The first kappa shape index (κ1) is 13.0. The van der Waals surface area contributed by atoms with Gasteiger partial charge in [0.05, 0.1) is 18.8 Å². The molecule has 1 saturated carbocycles. The van der Waals surface area contributed by atoms with Crippen molar-refractivity contribution in [3.05, 3.63) is 11.3 Å². The van der Waals surface area contributed by atoms with E-state index in [4.69, 9.17) is 20.6 Å². The van der Waals surface area contributed by atoms with Gasteiger partial charge in [0.15, 0.2) is 0 Å². The van der Waals surface area contributed by atoms with Crippen LogP contribution >= 0.6 is 0 Å². The summed E-state index contributed by atoms with van der Waals surface area (Å²) in [4.78, 5) is 11.3. The maximum atomic E-state index is 13.7. The van der Waals surface area contributed by atoms with Crippen molar-refractivity contribution in [3.8, 4) is 0 Å². The van der Waals surface area contributed by atoms with Gasteiger partial charge in [-0.1, -0.05) is 0 Å². The predicted octanol–water partition coefficient (Wildman–Crippen LogP) is 0.445. The molecule has 1 aliphatic carbocycles. The van der Waals surface area contributed by atoms with E-state index in [2.05, 4.69) is 0 Å². The summed E-state index contributed by atoms with van der Waals surface area (Å²) in [5.74, 6) is -3.95. The second kappa shape index (κ2) is 3.75. The minimum absolute atomic E-state index is 0.185. The van der Waals surface area contributed by atoms with Crippen molar-refractivity contribution in [2.45, 2.75) is 18.1 Å². The van der Waals surface area contributed by atoms with Gasteiger partial charge < -0.3 is 15.2 Å². The van der Waals surface area contributed by atoms with Gasteiger partial charge in [-0.2, -0.15) is 13.2 Å². The number of ketones is 1. The fourth-order valence-electron chi connectivity index (χ4n) is 1.91. The number of carbonyl (C=O) groups is 1. The van der Waals surface area contributed by atoms with Crippen LogP contribution in [-0.2, 0) is 14.3 Å². The number of ether oxygens (including phenoxy) is 2. The van der Waals surface area contributed by atoms with Crippen molar-refractivity contribution in [2.75, 3.05) is 13.2 Å². The number of nitrogens with one attached hydrogen (secondary N) is 1. The molecule has 3 N–H and O–H groups in total. The number of hydrogen-bond acceptors (Lipinski definition) is 5. The molecule has 2 aliphatic rings. The van der Waals surface area contributed by atoms with Crippen molar-refractivity contribution in [3.63, 3.8) is 0 Å². The quantitative estimate of drug-likeness (QED) is 0.624. The maximum Gasteiger partial charge on any atom is 0.431 e. The Balaban J connectivity index is 2.63. The molecule has 2 rings (SSSR count). The fourth-order valence-corrected chi connectivity index (χ4v) is 1.91. The fraction of sp³-hybridized carbons (Fsp3) is 0.556. The zero-order valence-corrected chi connectivity index (χ0v) is 8.81. The summed E-state index contributed by atoms with van der Waals surface area (Å²) < 4.78 is 60.9. The Hall–Kier alpha value is -1.48. The highest BCUT2D eigenvalue weighted by molar-refractivity contribution is 6.50. The van der Waals surface area contributed by atoms with Crippen molar-refractivity contribution >= 4 is 11.5 Å². The standard InChI is InChI=1S/C9H8F4N2O3/c10-6-5(16)4(14)3(7(15)9(11,12)13)8(6)17-1-2-18-8/h6,14H,1-2,15H2/b7-3+,14-4?. The van der Waals surface area contributed by atoms with Gasteiger partial charge >= 0.3 is 6.18 Å². The topological polar surface area (TPSA) is 85.4 Å². The Morgan fingerprint density at radius 1 is 1.39 bits per heavy atom. The Kier molecular flexibility index (Phi) is 2.70. The first-order chi connectivity index (χ1) is 8.22. The lowest BCUT2D eigenvalue weighted by Crippen LogP contribution is -2.42. The van der Waals surface area contributed by atoms with Gasteiger partial charge in [0.1, 0.15) is 11.4 Å². The predicted molar refractivity (Wildman–Crippen MR) is 49.5 cm³/mol. The van der Waals surface area contributed by atoms with Crippen molar-refractivity contribution < 1.29 is 31.8 Å². The number of rotatable bonds is 0.